The molecule has 3 saturated heterocycles. The lowest BCUT2D eigenvalue weighted by atomic mass is 10.0. The molecule has 0 amide bonds. The molecule has 2 atom stereocenters. The summed E-state index contributed by atoms with van der Waals surface area (Å²) < 4.78 is 5.62. The van der Waals surface area contributed by atoms with Crippen LogP contribution in [0.3, 0.4) is 0 Å². The lowest BCUT2D eigenvalue weighted by Crippen LogP contribution is -2.47. The van der Waals surface area contributed by atoms with Crippen molar-refractivity contribution in [3.8, 4) is 0 Å². The predicted molar refractivity (Wildman–Crippen MR) is 72.6 cm³/mol. The fraction of sp³-hybridized carbons (Fsp3) is 1.00. The van der Waals surface area contributed by atoms with E-state index in [0.717, 1.165) is 19.3 Å². The Hall–Kier alpha value is -0.160. The van der Waals surface area contributed by atoms with Crippen molar-refractivity contribution in [2.45, 2.75) is 50.2 Å². The largest absolute Gasteiger partial charge is 0.380 e. The van der Waals surface area contributed by atoms with Gasteiger partial charge in [0.1, 0.15) is 0 Å². The summed E-state index contributed by atoms with van der Waals surface area (Å²) in [6.45, 7) is 6.86. The minimum absolute atomic E-state index is 0.450. The van der Waals surface area contributed by atoms with Crippen LogP contribution in [0.15, 0.2) is 0 Å². The Balaban J connectivity index is 1.48. The molecule has 2 N–H and O–H groups in total. The molecule has 2 unspecified atom stereocenters. The number of hydrogen-bond donors (Lipinski definition) is 1. The van der Waals surface area contributed by atoms with Gasteiger partial charge in [-0.3, -0.25) is 9.80 Å². The maximum absolute atomic E-state index is 5.99. The highest BCUT2D eigenvalue weighted by molar-refractivity contribution is 4.89. The number of rotatable bonds is 2. The van der Waals surface area contributed by atoms with Crippen LogP contribution in [0.4, 0.5) is 0 Å². The monoisotopic (exact) mass is 253 g/mol. The zero-order chi connectivity index (χ0) is 12.4. The van der Waals surface area contributed by atoms with E-state index in [0.29, 0.717) is 12.1 Å². The molecule has 0 aromatic heterocycles. The second-order valence-corrected chi connectivity index (χ2v) is 6.18. The van der Waals surface area contributed by atoms with Gasteiger partial charge in [0.25, 0.3) is 0 Å². The number of likely N-dealkylation sites (tertiary alicyclic amines) is 2. The summed E-state index contributed by atoms with van der Waals surface area (Å²) >= 11 is 0. The Morgan fingerprint density at radius 3 is 2.39 bits per heavy atom. The van der Waals surface area contributed by atoms with Gasteiger partial charge in [0.2, 0.25) is 0 Å². The van der Waals surface area contributed by atoms with Crippen molar-refractivity contribution < 1.29 is 4.74 Å². The first-order valence-electron chi connectivity index (χ1n) is 7.64. The molecule has 0 aliphatic carbocycles. The minimum atomic E-state index is 0.450. The topological polar surface area (TPSA) is 41.7 Å². The van der Waals surface area contributed by atoms with Crippen LogP contribution in [0.1, 0.15) is 32.1 Å². The highest BCUT2D eigenvalue weighted by Gasteiger charge is 2.33. The van der Waals surface area contributed by atoms with Crippen LogP contribution >= 0.6 is 0 Å². The van der Waals surface area contributed by atoms with Crippen molar-refractivity contribution in [3.05, 3.63) is 0 Å². The Labute approximate surface area is 110 Å². The van der Waals surface area contributed by atoms with E-state index in [1.54, 1.807) is 0 Å². The predicted octanol–water partition coefficient (Wildman–Crippen LogP) is 0.663. The van der Waals surface area contributed by atoms with Crippen LogP contribution in [0.5, 0.6) is 0 Å². The average molecular weight is 253 g/mol. The smallest absolute Gasteiger partial charge is 0.0621 e. The molecule has 4 nitrogen and oxygen atoms in total. The third-order valence-corrected chi connectivity index (χ3v) is 4.94. The van der Waals surface area contributed by atoms with Gasteiger partial charge in [0, 0.05) is 37.8 Å². The van der Waals surface area contributed by atoms with E-state index >= 15 is 0 Å². The zero-order valence-electron chi connectivity index (χ0n) is 11.4. The van der Waals surface area contributed by atoms with E-state index in [-0.39, 0.29) is 0 Å². The van der Waals surface area contributed by atoms with E-state index in [2.05, 4.69) is 9.80 Å². The first-order valence-corrected chi connectivity index (χ1v) is 7.64. The molecule has 18 heavy (non-hydrogen) atoms. The summed E-state index contributed by atoms with van der Waals surface area (Å²) in [6.07, 6.45) is 6.28. The molecule has 3 rings (SSSR count). The molecule has 3 fully saturated rings. The molecule has 3 aliphatic heterocycles. The van der Waals surface area contributed by atoms with Crippen molar-refractivity contribution in [1.82, 2.24) is 9.80 Å². The van der Waals surface area contributed by atoms with Gasteiger partial charge in [-0.1, -0.05) is 0 Å². The Morgan fingerprint density at radius 1 is 0.889 bits per heavy atom. The van der Waals surface area contributed by atoms with E-state index in [9.17, 15) is 0 Å². The van der Waals surface area contributed by atoms with Crippen molar-refractivity contribution in [3.63, 3.8) is 0 Å². The second kappa shape index (κ2) is 5.87. The van der Waals surface area contributed by atoms with Crippen LogP contribution in [0, 0.1) is 0 Å². The molecule has 0 radical (unpaired) electrons. The molecule has 0 saturated carbocycles. The minimum Gasteiger partial charge on any atom is -0.380 e. The molecule has 0 aromatic rings. The summed E-state index contributed by atoms with van der Waals surface area (Å²) in [6, 6.07) is 1.92. The van der Waals surface area contributed by atoms with Gasteiger partial charge in [0.05, 0.1) is 6.61 Å². The van der Waals surface area contributed by atoms with Crippen molar-refractivity contribution in [1.29, 1.82) is 0 Å². The molecular weight excluding hydrogens is 226 g/mol. The summed E-state index contributed by atoms with van der Waals surface area (Å²) in [7, 11) is 0. The fourth-order valence-electron chi connectivity index (χ4n) is 3.69. The van der Waals surface area contributed by atoms with Crippen molar-refractivity contribution in [2.24, 2.45) is 5.73 Å². The average Bonchev–Trinajstić information content (AvgIpc) is 2.90. The van der Waals surface area contributed by atoms with Gasteiger partial charge in [-0.05, 0) is 45.2 Å². The second-order valence-electron chi connectivity index (χ2n) is 6.18. The van der Waals surface area contributed by atoms with Gasteiger partial charge in [-0.2, -0.15) is 0 Å². The van der Waals surface area contributed by atoms with Crippen LogP contribution in [0.25, 0.3) is 0 Å². The quantitative estimate of drug-likeness (QED) is 0.785. The van der Waals surface area contributed by atoms with Crippen LogP contribution in [0.2, 0.25) is 0 Å². The number of hydrogen-bond acceptors (Lipinski definition) is 4. The van der Waals surface area contributed by atoms with Gasteiger partial charge in [0.15, 0.2) is 0 Å². The highest BCUT2D eigenvalue weighted by atomic mass is 16.5. The van der Waals surface area contributed by atoms with Crippen molar-refractivity contribution >= 4 is 0 Å². The first kappa shape index (κ1) is 12.9. The van der Waals surface area contributed by atoms with Gasteiger partial charge < -0.3 is 10.5 Å². The molecule has 104 valence electrons. The molecule has 4 heteroatoms. The molecule has 0 bridgehead atoms. The zero-order valence-corrected chi connectivity index (χ0v) is 11.4. The normalized spacial score (nSPS) is 37.2. The van der Waals surface area contributed by atoms with Gasteiger partial charge in [-0.25, -0.2) is 0 Å². The van der Waals surface area contributed by atoms with Crippen molar-refractivity contribution in [2.75, 3.05) is 39.4 Å². The number of nitrogens with zero attached hydrogens (tertiary/aromatic N) is 2. The molecule has 3 aliphatic rings. The SMILES string of the molecule is NC1CCN(C2CCN(C3CCCOC3)C2)CC1. The van der Waals surface area contributed by atoms with E-state index in [4.69, 9.17) is 10.5 Å². The summed E-state index contributed by atoms with van der Waals surface area (Å²) in [5.74, 6) is 0. The van der Waals surface area contributed by atoms with Crippen LogP contribution < -0.4 is 5.73 Å². The summed E-state index contributed by atoms with van der Waals surface area (Å²) in [5, 5.41) is 0. The third-order valence-electron chi connectivity index (χ3n) is 4.94. The maximum atomic E-state index is 5.99. The highest BCUT2D eigenvalue weighted by Crippen LogP contribution is 2.24. The van der Waals surface area contributed by atoms with E-state index in [1.807, 2.05) is 0 Å². The summed E-state index contributed by atoms with van der Waals surface area (Å²) in [5.41, 5.74) is 5.99. The number of piperidine rings is 1. The summed E-state index contributed by atoms with van der Waals surface area (Å²) in [4.78, 5) is 5.34. The first-order chi connectivity index (χ1) is 8.83. The lowest BCUT2D eigenvalue weighted by Gasteiger charge is -2.36. The molecule has 0 spiro atoms. The van der Waals surface area contributed by atoms with Gasteiger partial charge in [-0.15, -0.1) is 0 Å². The third kappa shape index (κ3) is 2.87. The molecule has 0 aromatic carbocycles. The number of ether oxygens (including phenoxy) is 1. The lowest BCUT2D eigenvalue weighted by molar-refractivity contribution is 0.0232. The van der Waals surface area contributed by atoms with E-state index < -0.39 is 0 Å². The van der Waals surface area contributed by atoms with E-state index in [1.165, 1.54) is 58.3 Å². The Kier molecular flexibility index (Phi) is 4.19. The number of nitrogens with two attached hydrogens (primary N) is 1. The Morgan fingerprint density at radius 2 is 1.67 bits per heavy atom. The Bertz CT molecular complexity index is 260. The molecular formula is C14H27N3O. The maximum Gasteiger partial charge on any atom is 0.0621 e. The molecule has 3 heterocycles. The standard InChI is InChI=1S/C14H27N3O/c15-12-3-6-16(7-4-12)13-5-8-17(10-13)14-2-1-9-18-11-14/h12-14H,1-11,15H2. The fourth-order valence-corrected chi connectivity index (χ4v) is 3.69. The van der Waals surface area contributed by atoms with Crippen LogP contribution in [-0.4, -0.2) is 67.3 Å². The van der Waals surface area contributed by atoms with Gasteiger partial charge >= 0.3 is 0 Å². The van der Waals surface area contributed by atoms with Crippen LogP contribution in [-0.2, 0) is 4.74 Å².